The van der Waals surface area contributed by atoms with Gasteiger partial charge in [0.2, 0.25) is 5.91 Å². The Hall–Kier alpha value is -0.570. The second kappa shape index (κ2) is 11.0. The van der Waals surface area contributed by atoms with Gasteiger partial charge in [-0.2, -0.15) is 0 Å². The van der Waals surface area contributed by atoms with Crippen LogP contribution in [-0.4, -0.2) is 86.0 Å². The Morgan fingerprint density at radius 3 is 2.61 bits per heavy atom. The smallest absolute Gasteiger partial charge is 0.239 e. The zero-order valence-electron chi connectivity index (χ0n) is 18.1. The minimum Gasteiger partial charge on any atom is -0.357 e. The summed E-state index contributed by atoms with van der Waals surface area (Å²) in [6, 6.07) is 0.0815. The predicted octanol–water partition coefficient (Wildman–Crippen LogP) is 2.78. The lowest BCUT2D eigenvalue weighted by atomic mass is 9.86. The summed E-state index contributed by atoms with van der Waals surface area (Å²) in [5, 5.41) is 3.50. The summed E-state index contributed by atoms with van der Waals surface area (Å²) in [6.45, 7) is 8.26. The van der Waals surface area contributed by atoms with E-state index in [2.05, 4.69) is 22.0 Å². The zero-order chi connectivity index (χ0) is 19.3. The highest BCUT2D eigenvalue weighted by atomic mass is 127. The number of likely N-dealkylation sites (tertiary alicyclic amines) is 2. The quantitative estimate of drug-likeness (QED) is 0.261. The zero-order valence-corrected chi connectivity index (χ0v) is 20.4. The number of hydrogen-bond acceptors (Lipinski definition) is 3. The second-order valence-electron chi connectivity index (χ2n) is 8.89. The maximum Gasteiger partial charge on any atom is 0.239 e. The van der Waals surface area contributed by atoms with Crippen LogP contribution < -0.4 is 5.32 Å². The average molecular weight is 505 g/mol. The van der Waals surface area contributed by atoms with E-state index in [0.29, 0.717) is 5.41 Å². The molecule has 1 amide bonds. The van der Waals surface area contributed by atoms with Crippen molar-refractivity contribution in [2.45, 2.75) is 64.3 Å². The molecule has 3 rings (SSSR count). The van der Waals surface area contributed by atoms with Gasteiger partial charge in [-0.1, -0.05) is 12.8 Å². The molecule has 1 N–H and O–H groups in total. The van der Waals surface area contributed by atoms with E-state index in [1.165, 1.54) is 38.6 Å². The Morgan fingerprint density at radius 1 is 1.18 bits per heavy atom. The van der Waals surface area contributed by atoms with Crippen molar-refractivity contribution in [3.8, 4) is 0 Å². The molecule has 28 heavy (non-hydrogen) atoms. The summed E-state index contributed by atoms with van der Waals surface area (Å²) >= 11 is 0. The molecule has 3 fully saturated rings. The van der Waals surface area contributed by atoms with Crippen LogP contribution in [0.25, 0.3) is 0 Å². The fourth-order valence-electron chi connectivity index (χ4n) is 5.21. The van der Waals surface area contributed by atoms with E-state index in [1.54, 1.807) is 4.90 Å². The minimum atomic E-state index is 0. The highest BCUT2D eigenvalue weighted by Crippen LogP contribution is 2.45. The van der Waals surface area contributed by atoms with Gasteiger partial charge in [-0.05, 0) is 57.4 Å². The highest BCUT2D eigenvalue weighted by Gasteiger charge is 2.41. The number of hydrogen-bond donors (Lipinski definition) is 1. The molecule has 2 aliphatic heterocycles. The summed E-state index contributed by atoms with van der Waals surface area (Å²) in [5.74, 6) is 1.35. The van der Waals surface area contributed by atoms with Crippen molar-refractivity contribution in [1.82, 2.24) is 20.0 Å². The van der Waals surface area contributed by atoms with Gasteiger partial charge in [0.25, 0.3) is 0 Å². The molecule has 0 aromatic carbocycles. The van der Waals surface area contributed by atoms with Crippen molar-refractivity contribution in [3.63, 3.8) is 0 Å². The molecule has 7 heteroatoms. The maximum absolute atomic E-state index is 12.3. The van der Waals surface area contributed by atoms with Crippen LogP contribution in [0.3, 0.4) is 0 Å². The van der Waals surface area contributed by atoms with E-state index >= 15 is 0 Å². The van der Waals surface area contributed by atoms with Crippen LogP contribution in [0.1, 0.15) is 58.3 Å². The summed E-state index contributed by atoms with van der Waals surface area (Å²) in [4.78, 5) is 23.8. The monoisotopic (exact) mass is 505 g/mol. The third kappa shape index (κ3) is 5.74. The van der Waals surface area contributed by atoms with Crippen molar-refractivity contribution in [3.05, 3.63) is 0 Å². The molecule has 1 spiro atoms. The molecule has 3 aliphatic rings. The van der Waals surface area contributed by atoms with Gasteiger partial charge in [-0.25, -0.2) is 0 Å². The van der Waals surface area contributed by atoms with E-state index in [1.807, 2.05) is 14.1 Å². The first-order valence-electron chi connectivity index (χ1n) is 11.0. The molecule has 2 heterocycles. The molecule has 0 aromatic rings. The molecule has 1 aliphatic carbocycles. The van der Waals surface area contributed by atoms with Gasteiger partial charge in [0.05, 0.1) is 6.04 Å². The van der Waals surface area contributed by atoms with Crippen molar-refractivity contribution in [2.75, 3.05) is 53.4 Å². The Bertz CT molecular complexity index is 533. The molecule has 0 radical (unpaired) electrons. The number of rotatable bonds is 6. The summed E-state index contributed by atoms with van der Waals surface area (Å²) in [5.41, 5.74) is 0.575. The van der Waals surface area contributed by atoms with Crippen molar-refractivity contribution >= 4 is 35.8 Å². The van der Waals surface area contributed by atoms with Crippen molar-refractivity contribution in [1.29, 1.82) is 0 Å². The first kappa shape index (κ1) is 23.7. The van der Waals surface area contributed by atoms with E-state index in [-0.39, 0.29) is 35.9 Å². The lowest BCUT2D eigenvalue weighted by Crippen LogP contribution is -2.43. The third-order valence-corrected chi connectivity index (χ3v) is 6.69. The van der Waals surface area contributed by atoms with Crippen LogP contribution in [0, 0.1) is 5.41 Å². The molecular formula is C21H40IN5O. The van der Waals surface area contributed by atoms with Crippen LogP contribution in [0.5, 0.6) is 0 Å². The largest absolute Gasteiger partial charge is 0.357 e. The maximum atomic E-state index is 12.3. The number of aliphatic imine (C=N–C) groups is 1. The van der Waals surface area contributed by atoms with Gasteiger partial charge in [0.15, 0.2) is 5.96 Å². The van der Waals surface area contributed by atoms with Crippen molar-refractivity contribution < 1.29 is 4.79 Å². The lowest BCUT2D eigenvalue weighted by Gasteiger charge is -2.27. The number of carbonyl (C=O) groups excluding carboxylic acids is 1. The molecule has 1 saturated carbocycles. The minimum absolute atomic E-state index is 0. The molecule has 162 valence electrons. The van der Waals surface area contributed by atoms with Gasteiger partial charge in [0, 0.05) is 46.8 Å². The van der Waals surface area contributed by atoms with E-state index in [4.69, 9.17) is 4.99 Å². The molecule has 2 saturated heterocycles. The number of carbonyl (C=O) groups is 1. The average Bonchev–Trinajstić information content (AvgIpc) is 3.39. The van der Waals surface area contributed by atoms with Crippen LogP contribution in [-0.2, 0) is 4.79 Å². The van der Waals surface area contributed by atoms with Crippen LogP contribution in [0.2, 0.25) is 0 Å². The van der Waals surface area contributed by atoms with Gasteiger partial charge < -0.3 is 15.1 Å². The standard InChI is InChI=1S/C21H39N5O.HI/c1-4-22-20(26-16-12-21(17-26)10-5-6-11-21)23-13-8-15-25-14-7-9-18(25)19(27)24(2)3;/h18H,4-17H2,1-3H3,(H,22,23);1H. The third-order valence-electron chi connectivity index (χ3n) is 6.69. The first-order valence-corrected chi connectivity index (χ1v) is 11.0. The summed E-state index contributed by atoms with van der Waals surface area (Å²) < 4.78 is 0. The van der Waals surface area contributed by atoms with Gasteiger partial charge >= 0.3 is 0 Å². The summed E-state index contributed by atoms with van der Waals surface area (Å²) in [7, 11) is 3.72. The molecule has 0 bridgehead atoms. The number of nitrogens with zero attached hydrogens (tertiary/aromatic N) is 4. The van der Waals surface area contributed by atoms with E-state index in [0.717, 1.165) is 57.9 Å². The van der Waals surface area contributed by atoms with Crippen LogP contribution in [0.4, 0.5) is 0 Å². The normalized spacial score (nSPS) is 24.6. The number of halogens is 1. The van der Waals surface area contributed by atoms with Crippen molar-refractivity contribution in [2.24, 2.45) is 10.4 Å². The van der Waals surface area contributed by atoms with Gasteiger partial charge in [0.1, 0.15) is 0 Å². The molecule has 1 unspecified atom stereocenters. The SMILES string of the molecule is CCNC(=NCCCN1CCCC1C(=O)N(C)C)N1CCC2(CCCC2)C1.I. The highest BCUT2D eigenvalue weighted by molar-refractivity contribution is 14.0. The number of nitrogens with one attached hydrogen (secondary N) is 1. The molecular weight excluding hydrogens is 465 g/mol. The molecule has 1 atom stereocenters. The Kier molecular flexibility index (Phi) is 9.31. The lowest BCUT2D eigenvalue weighted by molar-refractivity contribution is -0.133. The number of amides is 1. The summed E-state index contributed by atoms with van der Waals surface area (Å²) in [6.07, 6.45) is 10.1. The fraction of sp³-hybridized carbons (Fsp3) is 0.905. The molecule has 0 aromatic heterocycles. The number of likely N-dealkylation sites (N-methyl/N-ethyl adjacent to an activating group) is 1. The Balaban J connectivity index is 0.00000280. The predicted molar refractivity (Wildman–Crippen MR) is 126 cm³/mol. The van der Waals surface area contributed by atoms with Gasteiger partial charge in [-0.3, -0.25) is 14.7 Å². The Labute approximate surface area is 188 Å². The van der Waals surface area contributed by atoms with E-state index < -0.39 is 0 Å². The first-order chi connectivity index (χ1) is 13.0. The van der Waals surface area contributed by atoms with Crippen LogP contribution in [0.15, 0.2) is 4.99 Å². The Morgan fingerprint density at radius 2 is 1.93 bits per heavy atom. The molecule has 6 nitrogen and oxygen atoms in total. The number of guanidine groups is 1. The van der Waals surface area contributed by atoms with E-state index in [9.17, 15) is 4.79 Å². The fourth-order valence-corrected chi connectivity index (χ4v) is 5.21. The van der Waals surface area contributed by atoms with Gasteiger partial charge in [-0.15, -0.1) is 24.0 Å². The topological polar surface area (TPSA) is 51.2 Å². The van der Waals surface area contributed by atoms with Crippen LogP contribution >= 0.6 is 24.0 Å². The second-order valence-corrected chi connectivity index (χ2v) is 8.89.